The van der Waals surface area contributed by atoms with Gasteiger partial charge in [-0.1, -0.05) is 0 Å². The minimum Gasteiger partial charge on any atom is -0.249 e. The molecule has 66 valence electrons. The van der Waals surface area contributed by atoms with Crippen LogP contribution in [0, 0.1) is 3.70 Å². The van der Waals surface area contributed by atoms with E-state index < -0.39 is 13.1 Å². The molecule has 0 atom stereocenters. The van der Waals surface area contributed by atoms with Gasteiger partial charge >= 0.3 is 0 Å². The fraction of sp³-hybridized carbons (Fsp3) is 0.286. The van der Waals surface area contributed by atoms with Crippen LogP contribution in [-0.4, -0.2) is 4.98 Å². The third-order valence-corrected chi connectivity index (χ3v) is 2.30. The molecule has 1 nitrogen and oxygen atoms in total. The Balaban J connectivity index is 3.05. The van der Waals surface area contributed by atoms with Crippen molar-refractivity contribution in [2.24, 2.45) is 0 Å². The van der Waals surface area contributed by atoms with Gasteiger partial charge in [-0.2, -0.15) is 0 Å². The molecule has 0 aliphatic heterocycles. The molecule has 0 spiro atoms. The zero-order valence-electron chi connectivity index (χ0n) is 5.90. The molecule has 0 amide bonds. The molecule has 1 aromatic rings. The van der Waals surface area contributed by atoms with Gasteiger partial charge in [0.25, 0.3) is 6.43 Å². The summed E-state index contributed by atoms with van der Waals surface area (Å²) in [7, 11) is 0. The summed E-state index contributed by atoms with van der Waals surface area (Å²) in [6.45, 7) is -0.758. The smallest absolute Gasteiger partial charge is 0.249 e. The van der Waals surface area contributed by atoms with Crippen LogP contribution in [0.5, 0.6) is 0 Å². The minimum absolute atomic E-state index is 0.216. The van der Waals surface area contributed by atoms with E-state index >= 15 is 0 Å². The third kappa shape index (κ3) is 2.09. The van der Waals surface area contributed by atoms with Gasteiger partial charge in [0.1, 0.15) is 10.4 Å². The lowest BCUT2D eigenvalue weighted by molar-refractivity contribution is 0.150. The second-order valence-electron chi connectivity index (χ2n) is 2.15. The second-order valence-corrected chi connectivity index (χ2v) is 3.17. The Morgan fingerprint density at radius 3 is 2.67 bits per heavy atom. The first-order valence-electron chi connectivity index (χ1n) is 3.13. The molecule has 0 aromatic carbocycles. The Hall–Kier alpha value is -0.330. The van der Waals surface area contributed by atoms with E-state index in [0.717, 1.165) is 12.3 Å². The van der Waals surface area contributed by atoms with Crippen LogP contribution in [0.4, 0.5) is 13.2 Å². The molecule has 0 radical (unpaired) electrons. The molecule has 1 rings (SSSR count). The summed E-state index contributed by atoms with van der Waals surface area (Å²) in [5, 5.41) is 0. The van der Waals surface area contributed by atoms with Crippen molar-refractivity contribution in [2.45, 2.75) is 13.1 Å². The molecular weight excluding hydrogens is 282 g/mol. The van der Waals surface area contributed by atoms with Gasteiger partial charge in [-0.15, -0.1) is 0 Å². The molecule has 5 heteroatoms. The van der Waals surface area contributed by atoms with Gasteiger partial charge in [-0.25, -0.2) is 18.2 Å². The number of rotatable bonds is 2. The van der Waals surface area contributed by atoms with E-state index in [1.54, 1.807) is 22.6 Å². The highest BCUT2D eigenvalue weighted by Gasteiger charge is 2.10. The number of nitrogens with zero attached hydrogens (tertiary/aromatic N) is 1. The zero-order chi connectivity index (χ0) is 9.14. The molecule has 0 N–H and O–H groups in total. The van der Waals surface area contributed by atoms with Crippen molar-refractivity contribution in [3.8, 4) is 0 Å². The first-order valence-corrected chi connectivity index (χ1v) is 4.21. The summed E-state index contributed by atoms with van der Waals surface area (Å²) < 4.78 is 36.7. The first kappa shape index (κ1) is 9.76. The lowest BCUT2D eigenvalue weighted by atomic mass is 10.2. The summed E-state index contributed by atoms with van der Waals surface area (Å²) >= 11 is 1.80. The molecule has 0 saturated carbocycles. The van der Waals surface area contributed by atoms with Gasteiger partial charge in [0, 0.05) is 17.3 Å². The van der Waals surface area contributed by atoms with Crippen LogP contribution in [0.15, 0.2) is 12.3 Å². The molecule has 0 unspecified atom stereocenters. The second kappa shape index (κ2) is 4.06. The highest BCUT2D eigenvalue weighted by molar-refractivity contribution is 14.1. The molecule has 0 aliphatic rings. The van der Waals surface area contributed by atoms with Gasteiger partial charge in [0.05, 0.1) is 0 Å². The maximum Gasteiger partial charge on any atom is 0.265 e. The first-order chi connectivity index (χ1) is 5.65. The lowest BCUT2D eigenvalue weighted by Crippen LogP contribution is -1.94. The fourth-order valence-electron chi connectivity index (χ4n) is 0.725. The Morgan fingerprint density at radius 1 is 1.50 bits per heavy atom. The SMILES string of the molecule is FCc1cc(C(F)F)cnc1I. The third-order valence-electron chi connectivity index (χ3n) is 1.33. The Kier molecular flexibility index (Phi) is 3.30. The predicted octanol–water partition coefficient (Wildman–Crippen LogP) is 3.09. The van der Waals surface area contributed by atoms with E-state index in [1.807, 2.05) is 0 Å². The van der Waals surface area contributed by atoms with Gasteiger partial charge < -0.3 is 0 Å². The van der Waals surface area contributed by atoms with Crippen LogP contribution in [0.3, 0.4) is 0 Å². The van der Waals surface area contributed by atoms with Crippen molar-refractivity contribution in [3.63, 3.8) is 0 Å². The van der Waals surface area contributed by atoms with E-state index in [-0.39, 0.29) is 11.1 Å². The quantitative estimate of drug-likeness (QED) is 0.601. The number of alkyl halides is 3. The average molecular weight is 287 g/mol. The molecule has 0 bridgehead atoms. The number of halogens is 4. The normalized spacial score (nSPS) is 10.8. The largest absolute Gasteiger partial charge is 0.265 e. The van der Waals surface area contributed by atoms with Crippen molar-refractivity contribution in [2.75, 3.05) is 0 Å². The maximum atomic E-state index is 12.1. The lowest BCUT2D eigenvalue weighted by Gasteiger charge is -2.02. The summed E-state index contributed by atoms with van der Waals surface area (Å²) in [6.07, 6.45) is -1.52. The number of hydrogen-bond acceptors (Lipinski definition) is 1. The topological polar surface area (TPSA) is 12.9 Å². The van der Waals surface area contributed by atoms with Crippen molar-refractivity contribution in [3.05, 3.63) is 27.1 Å². The number of hydrogen-bond donors (Lipinski definition) is 0. The molecule has 0 aliphatic carbocycles. The standard InChI is InChI=1S/C7H5F3IN/c8-2-4-1-5(6(9)10)3-12-7(4)11/h1,3,6H,2H2. The van der Waals surface area contributed by atoms with Crippen LogP contribution in [0.25, 0.3) is 0 Å². The van der Waals surface area contributed by atoms with Gasteiger partial charge in [0.2, 0.25) is 0 Å². The number of pyridine rings is 1. The monoisotopic (exact) mass is 287 g/mol. The van der Waals surface area contributed by atoms with E-state index in [2.05, 4.69) is 4.98 Å². The molecular formula is C7H5F3IN. The average Bonchev–Trinajstić information content (AvgIpc) is 2.05. The highest BCUT2D eigenvalue weighted by Crippen LogP contribution is 2.21. The van der Waals surface area contributed by atoms with E-state index in [9.17, 15) is 13.2 Å². The summed E-state index contributed by atoms with van der Waals surface area (Å²) in [4.78, 5) is 3.64. The van der Waals surface area contributed by atoms with E-state index in [1.165, 1.54) is 0 Å². The minimum atomic E-state index is -2.58. The van der Waals surface area contributed by atoms with Crippen molar-refractivity contribution in [1.82, 2.24) is 4.98 Å². The fourth-order valence-corrected chi connectivity index (χ4v) is 1.16. The van der Waals surface area contributed by atoms with E-state index in [4.69, 9.17) is 0 Å². The van der Waals surface area contributed by atoms with Gasteiger partial charge in [-0.05, 0) is 28.7 Å². The van der Waals surface area contributed by atoms with Crippen LogP contribution in [0.1, 0.15) is 17.6 Å². The van der Waals surface area contributed by atoms with E-state index in [0.29, 0.717) is 3.70 Å². The van der Waals surface area contributed by atoms with Crippen LogP contribution in [-0.2, 0) is 6.67 Å². The summed E-state index contributed by atoms with van der Waals surface area (Å²) in [5.74, 6) is 0. The van der Waals surface area contributed by atoms with Gasteiger partial charge in [-0.3, -0.25) is 0 Å². The molecule has 1 aromatic heterocycles. The summed E-state index contributed by atoms with van der Waals surface area (Å²) in [6, 6.07) is 1.14. The van der Waals surface area contributed by atoms with Crippen molar-refractivity contribution >= 4 is 22.6 Å². The zero-order valence-corrected chi connectivity index (χ0v) is 8.06. The highest BCUT2D eigenvalue weighted by atomic mass is 127. The van der Waals surface area contributed by atoms with Crippen LogP contribution < -0.4 is 0 Å². The van der Waals surface area contributed by atoms with Crippen LogP contribution >= 0.6 is 22.6 Å². The molecule has 12 heavy (non-hydrogen) atoms. The Labute approximate surface area is 81.1 Å². The number of aromatic nitrogens is 1. The summed E-state index contributed by atoms with van der Waals surface area (Å²) in [5.41, 5.74) is -0.0172. The van der Waals surface area contributed by atoms with Crippen molar-refractivity contribution in [1.29, 1.82) is 0 Å². The Bertz CT molecular complexity index is 277. The molecule has 0 saturated heterocycles. The van der Waals surface area contributed by atoms with Crippen molar-refractivity contribution < 1.29 is 13.2 Å². The van der Waals surface area contributed by atoms with Gasteiger partial charge in [0.15, 0.2) is 0 Å². The maximum absolute atomic E-state index is 12.1. The molecule has 1 heterocycles. The van der Waals surface area contributed by atoms with Crippen LogP contribution in [0.2, 0.25) is 0 Å². The predicted molar refractivity (Wildman–Crippen MR) is 46.7 cm³/mol. The Morgan fingerprint density at radius 2 is 2.17 bits per heavy atom. The molecule has 0 fully saturated rings.